The molecule has 0 radical (unpaired) electrons. The molecule has 120 valence electrons. The van der Waals surface area contributed by atoms with Gasteiger partial charge in [-0.25, -0.2) is 9.89 Å². The molecule has 0 unspecified atom stereocenters. The van der Waals surface area contributed by atoms with Crippen LogP contribution in [0, 0.1) is 6.92 Å². The summed E-state index contributed by atoms with van der Waals surface area (Å²) in [5, 5.41) is 6.72. The Bertz CT molecular complexity index is 974. The van der Waals surface area contributed by atoms with Crippen LogP contribution in [0.4, 0.5) is 0 Å². The Morgan fingerprint density at radius 2 is 1.71 bits per heavy atom. The molecule has 0 saturated heterocycles. The number of aryl methyl sites for hydroxylation is 1. The van der Waals surface area contributed by atoms with Crippen molar-refractivity contribution in [2.45, 2.75) is 6.92 Å². The van der Waals surface area contributed by atoms with E-state index in [9.17, 15) is 14.4 Å². The number of H-pyrrole nitrogens is 1. The van der Waals surface area contributed by atoms with Crippen LogP contribution in [0.5, 0.6) is 0 Å². The van der Waals surface area contributed by atoms with Crippen molar-refractivity contribution in [3.63, 3.8) is 0 Å². The highest BCUT2D eigenvalue weighted by Crippen LogP contribution is 2.13. The Balaban J connectivity index is 1.78. The second-order valence-corrected chi connectivity index (χ2v) is 5.31. The molecule has 6 heteroatoms. The van der Waals surface area contributed by atoms with Crippen LogP contribution in [0.1, 0.15) is 26.4 Å². The number of rotatable bonds is 4. The molecule has 0 aliphatic rings. The molecular formula is C18H14N2O4. The number of fused-ring (bicyclic) bond motifs is 1. The van der Waals surface area contributed by atoms with E-state index >= 15 is 0 Å². The number of aromatic nitrogens is 2. The maximum atomic E-state index is 12.2. The predicted octanol–water partition coefficient (Wildman–Crippen LogP) is 2.27. The number of ether oxygens (including phenoxy) is 1. The molecule has 3 rings (SSSR count). The fourth-order valence-corrected chi connectivity index (χ4v) is 2.29. The first-order valence-corrected chi connectivity index (χ1v) is 7.30. The van der Waals surface area contributed by atoms with Crippen LogP contribution >= 0.6 is 0 Å². The van der Waals surface area contributed by atoms with Gasteiger partial charge in [-0.05, 0) is 13.0 Å². The molecule has 2 aromatic carbocycles. The fraction of sp³-hybridized carbons (Fsp3) is 0.111. The standard InChI is InChI=1S/C18H14N2O4/c1-11-6-8-12(9-7-11)15(21)10-24-18(23)16-13-4-2-3-5-14(13)17(22)20-19-16/h2-9H,10H2,1H3,(H,20,22). The molecule has 0 amide bonds. The number of aromatic amines is 1. The number of Topliss-reactive ketones (excluding diaryl/α,β-unsaturated/α-hetero) is 1. The molecule has 6 nitrogen and oxygen atoms in total. The van der Waals surface area contributed by atoms with Crippen LogP contribution in [0.2, 0.25) is 0 Å². The lowest BCUT2D eigenvalue weighted by Crippen LogP contribution is -2.19. The van der Waals surface area contributed by atoms with E-state index in [1.807, 2.05) is 19.1 Å². The van der Waals surface area contributed by atoms with Gasteiger partial charge in [-0.3, -0.25) is 9.59 Å². The van der Waals surface area contributed by atoms with Gasteiger partial charge in [0, 0.05) is 10.9 Å². The average molecular weight is 322 g/mol. The Morgan fingerprint density at radius 3 is 2.42 bits per heavy atom. The smallest absolute Gasteiger partial charge is 0.359 e. The quantitative estimate of drug-likeness (QED) is 0.588. The zero-order valence-electron chi connectivity index (χ0n) is 12.9. The number of nitrogens with one attached hydrogen (secondary N) is 1. The molecule has 24 heavy (non-hydrogen) atoms. The van der Waals surface area contributed by atoms with E-state index in [0.29, 0.717) is 16.3 Å². The summed E-state index contributed by atoms with van der Waals surface area (Å²) in [4.78, 5) is 36.0. The largest absolute Gasteiger partial charge is 0.452 e. The molecule has 0 fully saturated rings. The first kappa shape index (κ1) is 15.6. The van der Waals surface area contributed by atoms with Crippen LogP contribution in [-0.2, 0) is 4.74 Å². The van der Waals surface area contributed by atoms with Crippen LogP contribution in [0.15, 0.2) is 53.3 Å². The van der Waals surface area contributed by atoms with Gasteiger partial charge in [0.25, 0.3) is 5.56 Å². The molecule has 1 aromatic heterocycles. The lowest BCUT2D eigenvalue weighted by Gasteiger charge is -2.06. The summed E-state index contributed by atoms with van der Waals surface area (Å²) in [6.07, 6.45) is 0. The van der Waals surface area contributed by atoms with Crippen molar-refractivity contribution in [3.05, 3.63) is 75.7 Å². The number of esters is 1. The number of ketones is 1. The molecule has 0 saturated carbocycles. The Kier molecular flexibility index (Phi) is 4.20. The van der Waals surface area contributed by atoms with E-state index in [4.69, 9.17) is 4.74 Å². The van der Waals surface area contributed by atoms with Gasteiger partial charge in [-0.1, -0.05) is 48.0 Å². The summed E-state index contributed by atoms with van der Waals surface area (Å²) >= 11 is 0. The zero-order valence-corrected chi connectivity index (χ0v) is 12.9. The van der Waals surface area contributed by atoms with Crippen molar-refractivity contribution in [1.29, 1.82) is 0 Å². The fourth-order valence-electron chi connectivity index (χ4n) is 2.29. The van der Waals surface area contributed by atoms with E-state index in [1.165, 1.54) is 0 Å². The zero-order chi connectivity index (χ0) is 17.1. The van der Waals surface area contributed by atoms with E-state index < -0.39 is 18.1 Å². The molecule has 1 heterocycles. The minimum absolute atomic E-state index is 0.0260. The number of hydrogen-bond donors (Lipinski definition) is 1. The van der Waals surface area contributed by atoms with Crippen LogP contribution in [-0.4, -0.2) is 28.6 Å². The third-order valence-electron chi connectivity index (χ3n) is 3.60. The van der Waals surface area contributed by atoms with Gasteiger partial charge in [0.1, 0.15) is 0 Å². The average Bonchev–Trinajstić information content (AvgIpc) is 2.60. The van der Waals surface area contributed by atoms with Gasteiger partial charge >= 0.3 is 5.97 Å². The second-order valence-electron chi connectivity index (χ2n) is 5.31. The van der Waals surface area contributed by atoms with Gasteiger partial charge in [0.05, 0.1) is 5.39 Å². The molecule has 0 atom stereocenters. The van der Waals surface area contributed by atoms with Gasteiger partial charge in [-0.15, -0.1) is 0 Å². The molecule has 0 aliphatic carbocycles. The van der Waals surface area contributed by atoms with Crippen molar-refractivity contribution >= 4 is 22.5 Å². The molecule has 0 spiro atoms. The minimum Gasteiger partial charge on any atom is -0.452 e. The molecule has 1 N–H and O–H groups in total. The molecular weight excluding hydrogens is 308 g/mol. The van der Waals surface area contributed by atoms with Crippen molar-refractivity contribution in [2.75, 3.05) is 6.61 Å². The van der Waals surface area contributed by atoms with Gasteiger partial charge in [-0.2, -0.15) is 5.10 Å². The highest BCUT2D eigenvalue weighted by molar-refractivity contribution is 6.04. The summed E-state index contributed by atoms with van der Waals surface area (Å²) in [6.45, 7) is 1.53. The first-order valence-electron chi connectivity index (χ1n) is 7.30. The summed E-state index contributed by atoms with van der Waals surface area (Å²) < 4.78 is 5.05. The maximum Gasteiger partial charge on any atom is 0.359 e. The summed E-state index contributed by atoms with van der Waals surface area (Å²) in [5.41, 5.74) is 1.08. The minimum atomic E-state index is -0.761. The van der Waals surface area contributed by atoms with Crippen molar-refractivity contribution < 1.29 is 14.3 Å². The van der Waals surface area contributed by atoms with Crippen molar-refractivity contribution in [3.8, 4) is 0 Å². The maximum absolute atomic E-state index is 12.2. The number of carbonyl (C=O) groups excluding carboxylic acids is 2. The Labute approximate surface area is 137 Å². The van der Waals surface area contributed by atoms with E-state index in [0.717, 1.165) is 5.56 Å². The third kappa shape index (κ3) is 3.08. The second kappa shape index (κ2) is 6.45. The van der Waals surface area contributed by atoms with Crippen molar-refractivity contribution in [1.82, 2.24) is 10.2 Å². The van der Waals surface area contributed by atoms with Gasteiger partial charge < -0.3 is 4.74 Å². The van der Waals surface area contributed by atoms with Crippen molar-refractivity contribution in [2.24, 2.45) is 0 Å². The van der Waals surface area contributed by atoms with Gasteiger partial charge in [0.2, 0.25) is 0 Å². The monoisotopic (exact) mass is 322 g/mol. The molecule has 0 aliphatic heterocycles. The number of benzene rings is 2. The summed E-state index contributed by atoms with van der Waals surface area (Å²) in [5.74, 6) is -1.07. The summed E-state index contributed by atoms with van der Waals surface area (Å²) in [6, 6.07) is 13.6. The normalized spacial score (nSPS) is 10.5. The lowest BCUT2D eigenvalue weighted by atomic mass is 10.1. The Hall–Kier alpha value is -3.28. The first-order chi connectivity index (χ1) is 11.6. The number of nitrogens with zero attached hydrogens (tertiary/aromatic N) is 1. The van der Waals surface area contributed by atoms with Crippen LogP contribution < -0.4 is 5.56 Å². The van der Waals surface area contributed by atoms with Crippen LogP contribution in [0.25, 0.3) is 10.8 Å². The molecule has 0 bridgehead atoms. The number of carbonyl (C=O) groups is 2. The summed E-state index contributed by atoms with van der Waals surface area (Å²) in [7, 11) is 0. The van der Waals surface area contributed by atoms with E-state index in [2.05, 4.69) is 10.2 Å². The highest BCUT2D eigenvalue weighted by atomic mass is 16.5. The topological polar surface area (TPSA) is 89.1 Å². The highest BCUT2D eigenvalue weighted by Gasteiger charge is 2.17. The van der Waals surface area contributed by atoms with E-state index in [1.54, 1.807) is 36.4 Å². The van der Waals surface area contributed by atoms with E-state index in [-0.39, 0.29) is 11.5 Å². The molecule has 3 aromatic rings. The lowest BCUT2D eigenvalue weighted by molar-refractivity contribution is 0.0470. The number of hydrogen-bond acceptors (Lipinski definition) is 5. The SMILES string of the molecule is Cc1ccc(C(=O)COC(=O)c2n[nH]c(=O)c3ccccc23)cc1. The third-order valence-corrected chi connectivity index (χ3v) is 3.60. The predicted molar refractivity (Wildman–Crippen MR) is 88.2 cm³/mol. The van der Waals surface area contributed by atoms with Gasteiger partial charge in [0.15, 0.2) is 18.1 Å². The van der Waals surface area contributed by atoms with Crippen LogP contribution in [0.3, 0.4) is 0 Å². The Morgan fingerprint density at radius 1 is 1.04 bits per heavy atom.